The third kappa shape index (κ3) is 2.75. The molecule has 1 unspecified atom stereocenters. The van der Waals surface area contributed by atoms with Gasteiger partial charge in [0.1, 0.15) is 5.82 Å². The van der Waals surface area contributed by atoms with Crippen LogP contribution in [0.2, 0.25) is 0 Å². The normalized spacial score (nSPS) is 13.6. The van der Waals surface area contributed by atoms with Crippen molar-refractivity contribution >= 4 is 5.97 Å². The molecule has 0 radical (unpaired) electrons. The average molecular weight is 211 g/mol. The van der Waals surface area contributed by atoms with Gasteiger partial charge in [0, 0.05) is 6.20 Å². The number of nitrogens with zero attached hydrogens (tertiary/aromatic N) is 1. The molecule has 0 saturated carbocycles. The molecule has 0 aromatic carbocycles. The fourth-order valence-corrected chi connectivity index (χ4v) is 1.60. The van der Waals surface area contributed by atoms with Crippen LogP contribution >= 0.6 is 0 Å². The summed E-state index contributed by atoms with van der Waals surface area (Å²) in [6.07, 6.45) is 2.46. The van der Waals surface area contributed by atoms with E-state index in [0.29, 0.717) is 5.56 Å². The van der Waals surface area contributed by atoms with E-state index < -0.39 is 23.1 Å². The van der Waals surface area contributed by atoms with E-state index in [9.17, 15) is 9.18 Å². The minimum atomic E-state index is -0.963. The minimum absolute atomic E-state index is 0.398. The highest BCUT2D eigenvalue weighted by Gasteiger charge is 2.33. The molecule has 0 fully saturated rings. The molecular weight excluding hydrogens is 197 g/mol. The van der Waals surface area contributed by atoms with Crippen LogP contribution in [-0.4, -0.2) is 16.1 Å². The first kappa shape index (κ1) is 11.6. The molecule has 0 amide bonds. The fraction of sp³-hybridized carbons (Fsp3) is 0.455. The molecule has 1 atom stereocenters. The van der Waals surface area contributed by atoms with Crippen molar-refractivity contribution in [2.24, 2.45) is 5.41 Å². The van der Waals surface area contributed by atoms with Crippen LogP contribution in [0.5, 0.6) is 0 Å². The second-order valence-electron chi connectivity index (χ2n) is 4.57. The van der Waals surface area contributed by atoms with Gasteiger partial charge in [-0.15, -0.1) is 0 Å². The van der Waals surface area contributed by atoms with Gasteiger partial charge in [0.2, 0.25) is 0 Å². The van der Waals surface area contributed by atoms with Crippen molar-refractivity contribution in [3.05, 3.63) is 29.8 Å². The van der Waals surface area contributed by atoms with Crippen LogP contribution in [0.15, 0.2) is 18.5 Å². The van der Waals surface area contributed by atoms with E-state index >= 15 is 0 Å². The molecule has 0 aliphatic rings. The molecule has 3 nitrogen and oxygen atoms in total. The van der Waals surface area contributed by atoms with Gasteiger partial charge in [-0.05, 0) is 17.0 Å². The Morgan fingerprint density at radius 1 is 1.47 bits per heavy atom. The summed E-state index contributed by atoms with van der Waals surface area (Å²) in [7, 11) is 0. The predicted molar refractivity (Wildman–Crippen MR) is 54.0 cm³/mol. The smallest absolute Gasteiger partial charge is 0.311 e. The average Bonchev–Trinajstić information content (AvgIpc) is 1.99. The van der Waals surface area contributed by atoms with E-state index in [4.69, 9.17) is 5.11 Å². The van der Waals surface area contributed by atoms with Gasteiger partial charge in [-0.2, -0.15) is 0 Å². The van der Waals surface area contributed by atoms with Gasteiger partial charge in [0.05, 0.1) is 12.1 Å². The van der Waals surface area contributed by atoms with Crippen molar-refractivity contribution in [2.45, 2.75) is 26.7 Å². The quantitative estimate of drug-likeness (QED) is 0.817. The van der Waals surface area contributed by atoms with E-state index in [0.717, 1.165) is 6.20 Å². The molecule has 1 N–H and O–H groups in total. The summed E-state index contributed by atoms with van der Waals surface area (Å²) >= 11 is 0. The molecule has 1 aromatic heterocycles. The van der Waals surface area contributed by atoms with Gasteiger partial charge >= 0.3 is 5.97 Å². The van der Waals surface area contributed by atoms with Gasteiger partial charge in [-0.3, -0.25) is 9.78 Å². The Balaban J connectivity index is 3.16. The van der Waals surface area contributed by atoms with E-state index in [1.165, 1.54) is 12.3 Å². The summed E-state index contributed by atoms with van der Waals surface area (Å²) < 4.78 is 12.9. The third-order valence-corrected chi connectivity index (χ3v) is 2.17. The van der Waals surface area contributed by atoms with E-state index in [1.807, 2.05) is 0 Å². The number of rotatable bonds is 2. The van der Waals surface area contributed by atoms with Crippen LogP contribution in [-0.2, 0) is 4.79 Å². The number of aromatic nitrogens is 1. The number of hydrogen-bond donors (Lipinski definition) is 1. The molecule has 82 valence electrons. The van der Waals surface area contributed by atoms with Gasteiger partial charge in [-0.1, -0.05) is 20.8 Å². The lowest BCUT2D eigenvalue weighted by molar-refractivity contribution is -0.141. The van der Waals surface area contributed by atoms with Crippen molar-refractivity contribution < 1.29 is 14.3 Å². The monoisotopic (exact) mass is 211 g/mol. The molecular formula is C11H14FNO2. The summed E-state index contributed by atoms with van der Waals surface area (Å²) in [6.45, 7) is 5.41. The minimum Gasteiger partial charge on any atom is -0.481 e. The molecule has 1 heterocycles. The Morgan fingerprint density at radius 2 is 2.07 bits per heavy atom. The molecule has 0 aliphatic heterocycles. The maximum absolute atomic E-state index is 12.9. The highest BCUT2D eigenvalue weighted by atomic mass is 19.1. The topological polar surface area (TPSA) is 50.2 Å². The summed E-state index contributed by atoms with van der Waals surface area (Å²) in [5.41, 5.74) is -0.0728. The van der Waals surface area contributed by atoms with E-state index in [-0.39, 0.29) is 0 Å². The standard InChI is InChI=1S/C11H14FNO2/c1-11(2,3)9(10(14)15)7-4-8(12)6-13-5-7/h4-6,9H,1-3H3,(H,14,15). The first-order valence-corrected chi connectivity index (χ1v) is 4.65. The Morgan fingerprint density at radius 3 is 2.47 bits per heavy atom. The van der Waals surface area contributed by atoms with Crippen LogP contribution in [0.1, 0.15) is 32.3 Å². The van der Waals surface area contributed by atoms with Crippen molar-refractivity contribution in [3.8, 4) is 0 Å². The van der Waals surface area contributed by atoms with Crippen molar-refractivity contribution in [1.29, 1.82) is 0 Å². The Bertz CT molecular complexity index is 371. The number of carboxylic acid groups (broad SMARTS) is 1. The van der Waals surface area contributed by atoms with Crippen LogP contribution in [0.4, 0.5) is 4.39 Å². The number of aliphatic carboxylic acids is 1. The Kier molecular flexibility index (Phi) is 3.07. The first-order valence-electron chi connectivity index (χ1n) is 4.65. The van der Waals surface area contributed by atoms with Gasteiger partial charge in [-0.25, -0.2) is 4.39 Å². The highest BCUT2D eigenvalue weighted by molar-refractivity contribution is 5.76. The predicted octanol–water partition coefficient (Wildman–Crippen LogP) is 2.44. The maximum atomic E-state index is 12.9. The molecule has 0 bridgehead atoms. The van der Waals surface area contributed by atoms with Crippen molar-refractivity contribution in [1.82, 2.24) is 4.98 Å². The van der Waals surface area contributed by atoms with Crippen molar-refractivity contribution in [2.75, 3.05) is 0 Å². The van der Waals surface area contributed by atoms with Crippen LogP contribution in [0, 0.1) is 11.2 Å². The molecule has 0 saturated heterocycles. The molecule has 0 spiro atoms. The van der Waals surface area contributed by atoms with Crippen LogP contribution in [0.25, 0.3) is 0 Å². The number of carboxylic acids is 1. The van der Waals surface area contributed by atoms with Gasteiger partial charge in [0.25, 0.3) is 0 Å². The number of pyridine rings is 1. The second-order valence-corrected chi connectivity index (χ2v) is 4.57. The Labute approximate surface area is 88.0 Å². The number of carbonyl (C=O) groups is 1. The molecule has 0 aliphatic carbocycles. The zero-order chi connectivity index (χ0) is 11.6. The molecule has 15 heavy (non-hydrogen) atoms. The van der Waals surface area contributed by atoms with E-state index in [1.54, 1.807) is 20.8 Å². The summed E-state index contributed by atoms with van der Waals surface area (Å²) in [4.78, 5) is 14.8. The van der Waals surface area contributed by atoms with Crippen LogP contribution < -0.4 is 0 Å². The first-order chi connectivity index (χ1) is 6.82. The lowest BCUT2D eigenvalue weighted by atomic mass is 9.77. The molecule has 1 rings (SSSR count). The van der Waals surface area contributed by atoms with Crippen LogP contribution in [0.3, 0.4) is 0 Å². The maximum Gasteiger partial charge on any atom is 0.311 e. The third-order valence-electron chi connectivity index (χ3n) is 2.17. The van der Waals surface area contributed by atoms with E-state index in [2.05, 4.69) is 4.98 Å². The molecule has 1 aromatic rings. The zero-order valence-corrected chi connectivity index (χ0v) is 8.99. The van der Waals surface area contributed by atoms with Crippen molar-refractivity contribution in [3.63, 3.8) is 0 Å². The SMILES string of the molecule is CC(C)(C)C(C(=O)O)c1cncc(F)c1. The number of halogens is 1. The fourth-order valence-electron chi connectivity index (χ4n) is 1.60. The molecule has 4 heteroatoms. The zero-order valence-electron chi connectivity index (χ0n) is 8.99. The second kappa shape index (κ2) is 3.96. The lowest BCUT2D eigenvalue weighted by Gasteiger charge is -2.26. The van der Waals surface area contributed by atoms with Gasteiger partial charge < -0.3 is 5.11 Å². The summed E-state index contributed by atoms with van der Waals surface area (Å²) in [5, 5.41) is 9.10. The Hall–Kier alpha value is -1.45. The lowest BCUT2D eigenvalue weighted by Crippen LogP contribution is -2.26. The number of hydrogen-bond acceptors (Lipinski definition) is 2. The summed E-state index contributed by atoms with van der Waals surface area (Å²) in [6, 6.07) is 1.22. The van der Waals surface area contributed by atoms with Gasteiger partial charge in [0.15, 0.2) is 0 Å². The summed E-state index contributed by atoms with van der Waals surface area (Å²) in [5.74, 6) is -2.22. The largest absolute Gasteiger partial charge is 0.481 e. The highest BCUT2D eigenvalue weighted by Crippen LogP contribution is 2.34.